The van der Waals surface area contributed by atoms with E-state index in [1.54, 1.807) is 6.33 Å². The molecule has 18 heavy (non-hydrogen) atoms. The second-order valence-corrected chi connectivity index (χ2v) is 5.20. The SMILES string of the molecule is CCC(C)(C)N(C)c1ncnc2ccc(N)cc12. The Hall–Kier alpha value is -1.84. The average Bonchev–Trinajstić information content (AvgIpc) is 2.37. The van der Waals surface area contributed by atoms with Gasteiger partial charge < -0.3 is 10.6 Å². The van der Waals surface area contributed by atoms with Gasteiger partial charge in [-0.25, -0.2) is 9.97 Å². The van der Waals surface area contributed by atoms with Crippen LogP contribution in [0.5, 0.6) is 0 Å². The minimum Gasteiger partial charge on any atom is -0.399 e. The lowest BCUT2D eigenvalue weighted by Crippen LogP contribution is -2.41. The molecule has 0 aliphatic rings. The van der Waals surface area contributed by atoms with E-state index in [-0.39, 0.29) is 5.54 Å². The topological polar surface area (TPSA) is 55.0 Å². The number of nitrogens with two attached hydrogens (primary N) is 1. The van der Waals surface area contributed by atoms with Gasteiger partial charge in [0.25, 0.3) is 0 Å². The number of hydrogen-bond donors (Lipinski definition) is 1. The first kappa shape index (κ1) is 12.6. The van der Waals surface area contributed by atoms with Crippen LogP contribution in [0.3, 0.4) is 0 Å². The average molecular weight is 244 g/mol. The van der Waals surface area contributed by atoms with Crippen LogP contribution in [0.4, 0.5) is 11.5 Å². The lowest BCUT2D eigenvalue weighted by atomic mass is 9.99. The molecular weight excluding hydrogens is 224 g/mol. The normalized spacial score (nSPS) is 11.8. The van der Waals surface area contributed by atoms with E-state index >= 15 is 0 Å². The summed E-state index contributed by atoms with van der Waals surface area (Å²) in [6.07, 6.45) is 2.65. The highest BCUT2D eigenvalue weighted by molar-refractivity contribution is 5.91. The van der Waals surface area contributed by atoms with E-state index in [4.69, 9.17) is 5.73 Å². The predicted octanol–water partition coefficient (Wildman–Crippen LogP) is 2.84. The standard InChI is InChI=1S/C14H20N4/c1-5-14(2,3)18(4)13-11-8-10(15)6-7-12(11)16-9-17-13/h6-9H,5,15H2,1-4H3. The molecule has 4 heteroatoms. The van der Waals surface area contributed by atoms with Crippen LogP contribution in [0.1, 0.15) is 27.2 Å². The van der Waals surface area contributed by atoms with Gasteiger partial charge in [-0.2, -0.15) is 0 Å². The third-order valence-electron chi connectivity index (χ3n) is 3.73. The van der Waals surface area contributed by atoms with Gasteiger partial charge in [-0.3, -0.25) is 0 Å². The van der Waals surface area contributed by atoms with Gasteiger partial charge in [0.2, 0.25) is 0 Å². The maximum absolute atomic E-state index is 5.86. The van der Waals surface area contributed by atoms with E-state index in [1.165, 1.54) is 0 Å². The molecular formula is C14H20N4. The lowest BCUT2D eigenvalue weighted by molar-refractivity contribution is 0.468. The first-order chi connectivity index (χ1) is 8.45. The Labute approximate surface area is 108 Å². The minimum atomic E-state index is 0.0475. The molecule has 0 aliphatic carbocycles. The van der Waals surface area contributed by atoms with Crippen molar-refractivity contribution < 1.29 is 0 Å². The smallest absolute Gasteiger partial charge is 0.140 e. The van der Waals surface area contributed by atoms with Crippen LogP contribution in [-0.4, -0.2) is 22.6 Å². The molecule has 0 amide bonds. The zero-order valence-corrected chi connectivity index (χ0v) is 11.4. The largest absolute Gasteiger partial charge is 0.399 e. The molecule has 0 bridgehead atoms. The monoisotopic (exact) mass is 244 g/mol. The summed E-state index contributed by atoms with van der Waals surface area (Å²) in [5.41, 5.74) is 7.57. The fourth-order valence-electron chi connectivity index (χ4n) is 1.85. The highest BCUT2D eigenvalue weighted by Crippen LogP contribution is 2.29. The van der Waals surface area contributed by atoms with Gasteiger partial charge in [-0.05, 0) is 38.5 Å². The van der Waals surface area contributed by atoms with Crippen molar-refractivity contribution in [3.05, 3.63) is 24.5 Å². The molecule has 1 aromatic heterocycles. The van der Waals surface area contributed by atoms with Gasteiger partial charge in [0.15, 0.2) is 0 Å². The molecule has 2 N–H and O–H groups in total. The van der Waals surface area contributed by atoms with Gasteiger partial charge in [0.05, 0.1) is 5.52 Å². The molecule has 1 heterocycles. The zero-order valence-electron chi connectivity index (χ0n) is 11.4. The Morgan fingerprint density at radius 1 is 1.28 bits per heavy atom. The summed E-state index contributed by atoms with van der Waals surface area (Å²) in [5.74, 6) is 0.930. The van der Waals surface area contributed by atoms with Gasteiger partial charge in [0.1, 0.15) is 12.1 Å². The number of hydrogen-bond acceptors (Lipinski definition) is 4. The number of benzene rings is 1. The summed E-state index contributed by atoms with van der Waals surface area (Å²) in [6, 6.07) is 5.74. The quantitative estimate of drug-likeness (QED) is 0.843. The first-order valence-electron chi connectivity index (χ1n) is 6.20. The van der Waals surface area contributed by atoms with Crippen LogP contribution in [-0.2, 0) is 0 Å². The molecule has 1 aromatic carbocycles. The Balaban J connectivity index is 2.60. The van der Waals surface area contributed by atoms with Crippen molar-refractivity contribution >= 4 is 22.4 Å². The highest BCUT2D eigenvalue weighted by atomic mass is 15.2. The summed E-state index contributed by atoms with van der Waals surface area (Å²) in [7, 11) is 2.06. The Morgan fingerprint density at radius 2 is 2.00 bits per heavy atom. The van der Waals surface area contributed by atoms with E-state index in [0.29, 0.717) is 0 Å². The van der Waals surface area contributed by atoms with Gasteiger partial charge in [0, 0.05) is 23.7 Å². The fraction of sp³-hybridized carbons (Fsp3) is 0.429. The Bertz CT molecular complexity index is 563. The zero-order chi connectivity index (χ0) is 13.3. The minimum absolute atomic E-state index is 0.0475. The third kappa shape index (κ3) is 2.10. The van der Waals surface area contributed by atoms with Crippen LogP contribution >= 0.6 is 0 Å². The molecule has 96 valence electrons. The summed E-state index contributed by atoms with van der Waals surface area (Å²) in [5, 5.41) is 1.00. The summed E-state index contributed by atoms with van der Waals surface area (Å²) < 4.78 is 0. The van der Waals surface area contributed by atoms with Gasteiger partial charge >= 0.3 is 0 Å². The van der Waals surface area contributed by atoms with E-state index in [2.05, 4.69) is 42.7 Å². The van der Waals surface area contributed by atoms with Crippen molar-refractivity contribution in [2.75, 3.05) is 17.7 Å². The van der Waals surface area contributed by atoms with Crippen molar-refractivity contribution in [3.63, 3.8) is 0 Å². The molecule has 0 spiro atoms. The van der Waals surface area contributed by atoms with Crippen molar-refractivity contribution in [1.29, 1.82) is 0 Å². The van der Waals surface area contributed by atoms with Gasteiger partial charge in [-0.15, -0.1) is 0 Å². The van der Waals surface area contributed by atoms with Crippen molar-refractivity contribution in [2.24, 2.45) is 0 Å². The molecule has 0 saturated heterocycles. The van der Waals surface area contributed by atoms with Crippen LogP contribution in [0.25, 0.3) is 10.9 Å². The first-order valence-corrected chi connectivity index (χ1v) is 6.20. The number of fused-ring (bicyclic) bond motifs is 1. The number of nitrogen functional groups attached to an aromatic ring is 1. The second kappa shape index (κ2) is 4.44. The maximum atomic E-state index is 5.86. The van der Waals surface area contributed by atoms with E-state index in [1.807, 2.05) is 18.2 Å². The van der Waals surface area contributed by atoms with Crippen molar-refractivity contribution in [1.82, 2.24) is 9.97 Å². The number of anilines is 2. The van der Waals surface area contributed by atoms with Crippen molar-refractivity contribution in [2.45, 2.75) is 32.7 Å². The summed E-state index contributed by atoms with van der Waals surface area (Å²) >= 11 is 0. The van der Waals surface area contributed by atoms with E-state index in [9.17, 15) is 0 Å². The molecule has 0 aliphatic heterocycles. The van der Waals surface area contributed by atoms with Crippen molar-refractivity contribution in [3.8, 4) is 0 Å². The van der Waals surface area contributed by atoms with Crippen LogP contribution in [0.2, 0.25) is 0 Å². The molecule has 4 nitrogen and oxygen atoms in total. The molecule has 2 rings (SSSR count). The summed E-state index contributed by atoms with van der Waals surface area (Å²) in [6.45, 7) is 6.58. The molecule has 0 unspecified atom stereocenters. The Morgan fingerprint density at radius 3 is 2.67 bits per heavy atom. The molecule has 0 saturated carbocycles. The molecule has 2 aromatic rings. The highest BCUT2D eigenvalue weighted by Gasteiger charge is 2.23. The number of aromatic nitrogens is 2. The third-order valence-corrected chi connectivity index (χ3v) is 3.73. The molecule has 0 atom stereocenters. The van der Waals surface area contributed by atoms with E-state index in [0.717, 1.165) is 28.8 Å². The number of nitrogens with zero attached hydrogens (tertiary/aromatic N) is 3. The fourth-order valence-corrected chi connectivity index (χ4v) is 1.85. The molecule has 0 radical (unpaired) electrons. The second-order valence-electron chi connectivity index (χ2n) is 5.20. The summed E-state index contributed by atoms with van der Waals surface area (Å²) in [4.78, 5) is 10.9. The van der Waals surface area contributed by atoms with Gasteiger partial charge in [-0.1, -0.05) is 6.92 Å². The van der Waals surface area contributed by atoms with E-state index < -0.39 is 0 Å². The Kier molecular flexibility index (Phi) is 3.11. The maximum Gasteiger partial charge on any atom is 0.140 e. The number of rotatable bonds is 3. The predicted molar refractivity (Wildman–Crippen MR) is 76.7 cm³/mol. The lowest BCUT2D eigenvalue weighted by Gasteiger charge is -2.36. The molecule has 0 fully saturated rings. The van der Waals surface area contributed by atoms with Crippen LogP contribution < -0.4 is 10.6 Å². The van der Waals surface area contributed by atoms with Crippen LogP contribution in [0, 0.1) is 0 Å². The van der Waals surface area contributed by atoms with Crippen LogP contribution in [0.15, 0.2) is 24.5 Å².